The van der Waals surface area contributed by atoms with Crippen LogP contribution in [0.4, 0.5) is 8.78 Å². The lowest BCUT2D eigenvalue weighted by Gasteiger charge is -2.03. The molecule has 90 valence electrons. The highest BCUT2D eigenvalue weighted by Crippen LogP contribution is 2.06. The molecule has 0 saturated carbocycles. The van der Waals surface area contributed by atoms with E-state index in [-0.39, 0.29) is 11.8 Å². The van der Waals surface area contributed by atoms with Crippen molar-refractivity contribution >= 4 is 0 Å². The second-order valence-electron chi connectivity index (χ2n) is 3.81. The largest absolute Gasteiger partial charge is 0.308 e. The highest BCUT2D eigenvalue weighted by atomic mass is 19.1. The Morgan fingerprint density at radius 1 is 1.18 bits per heavy atom. The van der Waals surface area contributed by atoms with E-state index in [4.69, 9.17) is 0 Å². The quantitative estimate of drug-likeness (QED) is 0.881. The van der Waals surface area contributed by atoms with Crippen molar-refractivity contribution in [3.63, 3.8) is 0 Å². The second-order valence-corrected chi connectivity index (χ2v) is 3.81. The van der Waals surface area contributed by atoms with Crippen LogP contribution in [0.1, 0.15) is 11.1 Å². The van der Waals surface area contributed by atoms with Crippen molar-refractivity contribution in [2.75, 3.05) is 0 Å². The molecule has 1 heterocycles. The molecule has 2 rings (SSSR count). The summed E-state index contributed by atoms with van der Waals surface area (Å²) >= 11 is 0. The molecule has 0 unspecified atom stereocenters. The summed E-state index contributed by atoms with van der Waals surface area (Å²) in [6.07, 6.45) is 1.49. The molecule has 0 aliphatic heterocycles. The van der Waals surface area contributed by atoms with Gasteiger partial charge in [-0.15, -0.1) is 0 Å². The summed E-state index contributed by atoms with van der Waals surface area (Å²) in [5.74, 6) is -0.594. The summed E-state index contributed by atoms with van der Waals surface area (Å²) in [7, 11) is 1.55. The van der Waals surface area contributed by atoms with Gasteiger partial charge < -0.3 is 5.32 Å². The topological polar surface area (TPSA) is 29.9 Å². The third-order valence-electron chi connectivity index (χ3n) is 2.49. The van der Waals surface area contributed by atoms with E-state index < -0.39 is 0 Å². The number of aromatic nitrogens is 2. The zero-order valence-electron chi connectivity index (χ0n) is 9.45. The normalized spacial score (nSPS) is 10.8. The highest BCUT2D eigenvalue weighted by Gasteiger charge is 2.06. The molecule has 17 heavy (non-hydrogen) atoms. The highest BCUT2D eigenvalue weighted by molar-refractivity contribution is 5.16. The molecule has 0 saturated heterocycles. The number of nitrogens with one attached hydrogen (secondary N) is 1. The van der Waals surface area contributed by atoms with Crippen LogP contribution in [0.5, 0.6) is 0 Å². The van der Waals surface area contributed by atoms with Crippen molar-refractivity contribution in [1.29, 1.82) is 0 Å². The first-order valence-corrected chi connectivity index (χ1v) is 5.28. The van der Waals surface area contributed by atoms with Crippen molar-refractivity contribution in [2.45, 2.75) is 13.1 Å². The van der Waals surface area contributed by atoms with Gasteiger partial charge in [0, 0.05) is 25.7 Å². The summed E-state index contributed by atoms with van der Waals surface area (Å²) in [5.41, 5.74) is 1.48. The van der Waals surface area contributed by atoms with Crippen LogP contribution < -0.4 is 5.32 Å². The Hall–Kier alpha value is -1.75. The van der Waals surface area contributed by atoms with E-state index in [0.717, 1.165) is 5.56 Å². The van der Waals surface area contributed by atoms with Gasteiger partial charge in [0.2, 0.25) is 5.95 Å². The minimum absolute atomic E-state index is 0.257. The third kappa shape index (κ3) is 2.88. The Morgan fingerprint density at radius 3 is 2.47 bits per heavy atom. The zero-order chi connectivity index (χ0) is 12.3. The van der Waals surface area contributed by atoms with Crippen molar-refractivity contribution < 1.29 is 8.78 Å². The SMILES string of the molecule is Cn1ncc(CNCc2ccc(F)cc2)c1F. The second kappa shape index (κ2) is 5.05. The van der Waals surface area contributed by atoms with Gasteiger partial charge in [0.1, 0.15) is 5.82 Å². The Balaban J connectivity index is 1.87. The minimum Gasteiger partial charge on any atom is -0.308 e. The molecular formula is C12H13F2N3. The van der Waals surface area contributed by atoms with Gasteiger partial charge >= 0.3 is 0 Å². The predicted octanol–water partition coefficient (Wildman–Crippen LogP) is 1.99. The van der Waals surface area contributed by atoms with Crippen LogP contribution in [-0.4, -0.2) is 9.78 Å². The van der Waals surface area contributed by atoms with Gasteiger partial charge in [-0.05, 0) is 17.7 Å². The fraction of sp³-hybridized carbons (Fsp3) is 0.250. The van der Waals surface area contributed by atoms with E-state index in [1.165, 1.54) is 23.0 Å². The van der Waals surface area contributed by atoms with Crippen LogP contribution in [0.15, 0.2) is 30.5 Å². The summed E-state index contributed by atoms with van der Waals surface area (Å²) in [6.45, 7) is 0.964. The molecule has 0 aliphatic rings. The first kappa shape index (κ1) is 11.7. The van der Waals surface area contributed by atoms with Gasteiger partial charge in [0.05, 0.1) is 6.20 Å². The van der Waals surface area contributed by atoms with E-state index in [1.54, 1.807) is 19.2 Å². The van der Waals surface area contributed by atoms with Gasteiger partial charge in [-0.1, -0.05) is 12.1 Å². The van der Waals surface area contributed by atoms with Crippen LogP contribution in [0.3, 0.4) is 0 Å². The molecule has 0 amide bonds. The fourth-order valence-corrected chi connectivity index (χ4v) is 1.53. The molecule has 0 spiro atoms. The molecule has 0 aliphatic carbocycles. The molecule has 0 bridgehead atoms. The lowest BCUT2D eigenvalue weighted by molar-refractivity contribution is 0.489. The number of rotatable bonds is 4. The van der Waals surface area contributed by atoms with Crippen LogP contribution >= 0.6 is 0 Å². The molecule has 1 N–H and O–H groups in total. The fourth-order valence-electron chi connectivity index (χ4n) is 1.53. The number of aryl methyl sites for hydroxylation is 1. The maximum absolute atomic E-state index is 13.4. The van der Waals surface area contributed by atoms with E-state index in [1.807, 2.05) is 0 Å². The summed E-state index contributed by atoms with van der Waals surface area (Å²) in [4.78, 5) is 0. The average molecular weight is 237 g/mol. The first-order valence-electron chi connectivity index (χ1n) is 5.28. The Morgan fingerprint density at radius 2 is 1.88 bits per heavy atom. The predicted molar refractivity (Wildman–Crippen MR) is 60.1 cm³/mol. The van der Waals surface area contributed by atoms with Crippen molar-refractivity contribution in [2.24, 2.45) is 7.05 Å². The maximum atomic E-state index is 13.4. The van der Waals surface area contributed by atoms with Crippen molar-refractivity contribution in [3.05, 3.63) is 53.4 Å². The molecule has 2 aromatic rings. The van der Waals surface area contributed by atoms with Crippen molar-refractivity contribution in [3.8, 4) is 0 Å². The van der Waals surface area contributed by atoms with E-state index in [0.29, 0.717) is 18.7 Å². The summed E-state index contributed by atoms with van der Waals surface area (Å²) in [6, 6.07) is 6.20. The number of hydrogen-bond acceptors (Lipinski definition) is 2. The molecule has 0 fully saturated rings. The molecule has 3 nitrogen and oxygen atoms in total. The van der Waals surface area contributed by atoms with Gasteiger partial charge in [0.15, 0.2) is 0 Å². The van der Waals surface area contributed by atoms with E-state index in [9.17, 15) is 8.78 Å². The van der Waals surface area contributed by atoms with Crippen LogP contribution in [0, 0.1) is 11.8 Å². The van der Waals surface area contributed by atoms with E-state index in [2.05, 4.69) is 10.4 Å². The Labute approximate surface area is 98.1 Å². The van der Waals surface area contributed by atoms with Crippen LogP contribution in [0.2, 0.25) is 0 Å². The number of nitrogens with zero attached hydrogens (tertiary/aromatic N) is 2. The Kier molecular flexibility index (Phi) is 3.49. The smallest absolute Gasteiger partial charge is 0.215 e. The molecule has 1 aromatic carbocycles. The van der Waals surface area contributed by atoms with Crippen LogP contribution in [0.25, 0.3) is 0 Å². The number of hydrogen-bond donors (Lipinski definition) is 1. The first-order chi connectivity index (χ1) is 8.16. The maximum Gasteiger partial charge on any atom is 0.215 e. The van der Waals surface area contributed by atoms with Gasteiger partial charge in [-0.25, -0.2) is 9.07 Å². The number of benzene rings is 1. The van der Waals surface area contributed by atoms with Gasteiger partial charge in [0.25, 0.3) is 0 Å². The lowest BCUT2D eigenvalue weighted by atomic mass is 10.2. The number of halogens is 2. The zero-order valence-corrected chi connectivity index (χ0v) is 9.45. The van der Waals surface area contributed by atoms with Gasteiger partial charge in [-0.3, -0.25) is 0 Å². The molecule has 1 aromatic heterocycles. The lowest BCUT2D eigenvalue weighted by Crippen LogP contribution is -2.13. The monoisotopic (exact) mass is 237 g/mol. The van der Waals surface area contributed by atoms with E-state index >= 15 is 0 Å². The molecule has 0 atom stereocenters. The standard InChI is InChI=1S/C12H13F2N3/c1-17-12(14)10(8-16-17)7-15-6-9-2-4-11(13)5-3-9/h2-5,8,15H,6-7H2,1H3. The average Bonchev–Trinajstić information content (AvgIpc) is 2.64. The van der Waals surface area contributed by atoms with Gasteiger partial charge in [-0.2, -0.15) is 9.49 Å². The molecule has 0 radical (unpaired) electrons. The summed E-state index contributed by atoms with van der Waals surface area (Å²) < 4.78 is 27.2. The third-order valence-corrected chi connectivity index (χ3v) is 2.49. The van der Waals surface area contributed by atoms with Crippen LogP contribution in [-0.2, 0) is 20.1 Å². The Bertz CT molecular complexity index is 491. The van der Waals surface area contributed by atoms with Crippen molar-refractivity contribution in [1.82, 2.24) is 15.1 Å². The summed E-state index contributed by atoms with van der Waals surface area (Å²) in [5, 5.41) is 6.88. The molecular weight excluding hydrogens is 224 g/mol. The molecule has 5 heteroatoms. The minimum atomic E-state index is -0.336.